The quantitative estimate of drug-likeness (QED) is 0.772. The number of carbonyl (C=O) groups excluding carboxylic acids is 1. The first-order valence-corrected chi connectivity index (χ1v) is 12.3. The van der Waals surface area contributed by atoms with Crippen LogP contribution in [0.5, 0.6) is 5.75 Å². The van der Waals surface area contributed by atoms with Crippen molar-refractivity contribution < 1.29 is 17.9 Å². The van der Waals surface area contributed by atoms with Crippen molar-refractivity contribution in [2.24, 2.45) is 34.5 Å². The van der Waals surface area contributed by atoms with Gasteiger partial charge in [0.2, 0.25) is 15.9 Å². The normalized spacial score (nSPS) is 41.7. The van der Waals surface area contributed by atoms with Crippen LogP contribution in [-0.4, -0.2) is 45.4 Å². The summed E-state index contributed by atoms with van der Waals surface area (Å²) in [5.41, 5.74) is 0.336. The molecular formula is C22H28N2O4S. The maximum atomic E-state index is 13.0. The zero-order valence-corrected chi connectivity index (χ0v) is 17.6. The molecule has 0 bridgehead atoms. The molecule has 5 unspecified atom stereocenters. The first-order valence-electron chi connectivity index (χ1n) is 10.8. The Morgan fingerprint density at radius 3 is 2.66 bits per heavy atom. The molecular weight excluding hydrogens is 388 g/mol. The lowest BCUT2D eigenvalue weighted by atomic mass is 9.13. The maximum Gasteiger partial charge on any atom is 0.243 e. The molecule has 5 aliphatic rings. The van der Waals surface area contributed by atoms with Crippen LogP contribution in [0.25, 0.3) is 0 Å². The highest BCUT2D eigenvalue weighted by molar-refractivity contribution is 7.89. The summed E-state index contributed by atoms with van der Waals surface area (Å²) in [6.07, 6.45) is 5.67. The van der Waals surface area contributed by atoms with Crippen LogP contribution >= 0.6 is 0 Å². The van der Waals surface area contributed by atoms with E-state index in [0.29, 0.717) is 30.8 Å². The average molecular weight is 417 g/mol. The number of rotatable bonds is 6. The van der Waals surface area contributed by atoms with E-state index in [1.54, 1.807) is 28.6 Å². The molecule has 29 heavy (non-hydrogen) atoms. The molecule has 4 saturated carbocycles. The molecule has 1 spiro atoms. The van der Waals surface area contributed by atoms with Gasteiger partial charge in [-0.05, 0) is 73.3 Å². The Labute approximate surface area is 172 Å². The van der Waals surface area contributed by atoms with Gasteiger partial charge >= 0.3 is 0 Å². The number of amides is 1. The number of hydrogen-bond donors (Lipinski definition) is 1. The van der Waals surface area contributed by atoms with E-state index in [1.165, 1.54) is 20.0 Å². The largest absolute Gasteiger partial charge is 0.497 e. The van der Waals surface area contributed by atoms with Crippen molar-refractivity contribution in [3.8, 4) is 5.75 Å². The SMILES string of the molecule is COc1cccc(S(=O)(=O)N2CCC(CNC(=O)C34CC5CC6C[C@H](C3)C654)C2)c1. The van der Waals surface area contributed by atoms with Crippen LogP contribution in [0.1, 0.15) is 32.1 Å². The minimum absolute atomic E-state index is 0.0611. The second kappa shape index (κ2) is 5.76. The van der Waals surface area contributed by atoms with E-state index in [-0.39, 0.29) is 22.1 Å². The summed E-state index contributed by atoms with van der Waals surface area (Å²) in [6.45, 7) is 1.55. The third kappa shape index (κ3) is 2.06. The van der Waals surface area contributed by atoms with Gasteiger partial charge in [0.15, 0.2) is 0 Å². The van der Waals surface area contributed by atoms with Gasteiger partial charge in [-0.2, -0.15) is 4.31 Å². The summed E-state index contributed by atoms with van der Waals surface area (Å²) in [5, 5.41) is 3.22. The molecule has 1 aromatic rings. The number of sulfonamides is 1. The molecule has 4 aliphatic carbocycles. The highest BCUT2D eigenvalue weighted by Gasteiger charge is 2.89. The molecule has 1 amide bonds. The molecule has 6 nitrogen and oxygen atoms in total. The Morgan fingerprint density at radius 1 is 1.24 bits per heavy atom. The van der Waals surface area contributed by atoms with E-state index in [1.807, 2.05) is 0 Å². The van der Waals surface area contributed by atoms with E-state index in [4.69, 9.17) is 4.74 Å². The lowest BCUT2D eigenvalue weighted by molar-refractivity contribution is -0.413. The van der Waals surface area contributed by atoms with Crippen molar-refractivity contribution in [3.05, 3.63) is 24.3 Å². The van der Waals surface area contributed by atoms with E-state index >= 15 is 0 Å². The first kappa shape index (κ1) is 18.2. The van der Waals surface area contributed by atoms with Crippen molar-refractivity contribution in [2.45, 2.75) is 37.0 Å². The maximum absolute atomic E-state index is 13.0. The van der Waals surface area contributed by atoms with Gasteiger partial charge in [0.25, 0.3) is 0 Å². The standard InChI is InChI=1S/C22H28N2O4S/c1-28-18-3-2-4-19(9-18)29(26,27)24-6-5-14(13-24)12-23-20(25)21-10-16-7-15-8-17(11-21)22(15,16)21/h2-4,9,14-17H,5-8,10-13H2,1H3,(H,23,25)/t14?,15?,16-,17?,21?,22?/m1/s1. The molecule has 0 aromatic heterocycles. The van der Waals surface area contributed by atoms with Crippen LogP contribution in [0.15, 0.2) is 29.2 Å². The number of hydrogen-bond acceptors (Lipinski definition) is 4. The van der Waals surface area contributed by atoms with E-state index < -0.39 is 10.0 Å². The molecule has 1 aromatic carbocycles. The monoisotopic (exact) mass is 416 g/mol. The molecule has 5 fully saturated rings. The van der Waals surface area contributed by atoms with Crippen molar-refractivity contribution in [1.29, 1.82) is 0 Å². The molecule has 6 atom stereocenters. The highest BCUT2D eigenvalue weighted by Crippen LogP contribution is 2.92. The highest BCUT2D eigenvalue weighted by atomic mass is 32.2. The second-order valence-electron chi connectivity index (χ2n) is 9.89. The minimum Gasteiger partial charge on any atom is -0.497 e. The van der Waals surface area contributed by atoms with E-state index in [2.05, 4.69) is 5.32 Å². The Kier molecular flexibility index (Phi) is 3.61. The predicted octanol–water partition coefficient (Wildman–Crippen LogP) is 2.26. The molecule has 1 N–H and O–H groups in total. The van der Waals surface area contributed by atoms with Gasteiger partial charge in [0, 0.05) is 25.7 Å². The van der Waals surface area contributed by atoms with Crippen LogP contribution in [-0.2, 0) is 14.8 Å². The van der Waals surface area contributed by atoms with Crippen LogP contribution in [0.2, 0.25) is 0 Å². The Morgan fingerprint density at radius 2 is 2.00 bits per heavy atom. The van der Waals surface area contributed by atoms with Crippen LogP contribution in [0.3, 0.4) is 0 Å². The summed E-state index contributed by atoms with van der Waals surface area (Å²) in [7, 11) is -2.00. The number of nitrogens with one attached hydrogen (secondary N) is 1. The lowest BCUT2D eigenvalue weighted by Gasteiger charge is -2.90. The van der Waals surface area contributed by atoms with E-state index in [9.17, 15) is 13.2 Å². The Bertz CT molecular complexity index is 965. The summed E-state index contributed by atoms with van der Waals surface area (Å²) in [6, 6.07) is 6.62. The van der Waals surface area contributed by atoms with E-state index in [0.717, 1.165) is 37.0 Å². The van der Waals surface area contributed by atoms with Gasteiger partial charge in [-0.1, -0.05) is 6.07 Å². The van der Waals surface area contributed by atoms with Crippen LogP contribution in [0.4, 0.5) is 0 Å². The van der Waals surface area contributed by atoms with Crippen LogP contribution < -0.4 is 10.1 Å². The number of methoxy groups -OCH3 is 1. The first-order chi connectivity index (χ1) is 13.9. The molecule has 6 rings (SSSR count). The average Bonchev–Trinajstić information content (AvgIpc) is 3.14. The molecule has 1 aliphatic heterocycles. The number of nitrogens with zero attached hydrogens (tertiary/aromatic N) is 1. The zero-order chi connectivity index (χ0) is 20.0. The zero-order valence-electron chi connectivity index (χ0n) is 16.8. The predicted molar refractivity (Wildman–Crippen MR) is 107 cm³/mol. The van der Waals surface area contributed by atoms with Gasteiger partial charge in [0.1, 0.15) is 5.75 Å². The molecule has 0 radical (unpaired) electrons. The lowest BCUT2D eigenvalue weighted by Crippen LogP contribution is -2.88. The Balaban J connectivity index is 1.08. The molecule has 1 saturated heterocycles. The molecule has 156 valence electrons. The van der Waals surface area contributed by atoms with Gasteiger partial charge in [-0.15, -0.1) is 0 Å². The molecule has 7 heteroatoms. The van der Waals surface area contributed by atoms with Crippen LogP contribution in [0, 0.1) is 34.5 Å². The Hall–Kier alpha value is -1.60. The number of benzene rings is 1. The fourth-order valence-corrected chi connectivity index (χ4v) is 9.38. The third-order valence-electron chi connectivity index (χ3n) is 9.10. The summed E-state index contributed by atoms with van der Waals surface area (Å²) < 4.78 is 32.6. The third-order valence-corrected chi connectivity index (χ3v) is 11.0. The fraction of sp³-hybridized carbons (Fsp3) is 0.682. The summed E-state index contributed by atoms with van der Waals surface area (Å²) in [5.74, 6) is 3.43. The smallest absolute Gasteiger partial charge is 0.243 e. The summed E-state index contributed by atoms with van der Waals surface area (Å²) >= 11 is 0. The topological polar surface area (TPSA) is 75.7 Å². The van der Waals surface area contributed by atoms with Crippen molar-refractivity contribution in [2.75, 3.05) is 26.7 Å². The van der Waals surface area contributed by atoms with Gasteiger partial charge in [-0.25, -0.2) is 8.42 Å². The van der Waals surface area contributed by atoms with Crippen molar-refractivity contribution >= 4 is 15.9 Å². The number of ether oxygens (including phenoxy) is 1. The number of carbonyl (C=O) groups is 1. The minimum atomic E-state index is -3.53. The molecule has 1 heterocycles. The second-order valence-corrected chi connectivity index (χ2v) is 11.8. The van der Waals surface area contributed by atoms with Crippen molar-refractivity contribution in [3.63, 3.8) is 0 Å². The summed E-state index contributed by atoms with van der Waals surface area (Å²) in [4.78, 5) is 13.3. The van der Waals surface area contributed by atoms with Gasteiger partial charge in [0.05, 0.1) is 17.4 Å². The fourth-order valence-electron chi connectivity index (χ4n) is 7.82. The van der Waals surface area contributed by atoms with Crippen molar-refractivity contribution in [1.82, 2.24) is 9.62 Å². The van der Waals surface area contributed by atoms with Gasteiger partial charge < -0.3 is 10.1 Å². The van der Waals surface area contributed by atoms with Gasteiger partial charge in [-0.3, -0.25) is 4.79 Å².